The van der Waals surface area contributed by atoms with Gasteiger partial charge >= 0.3 is 0 Å². The standard InChI is InChI=1S/C21H21N3O3S2/c1-3-26-11-10-24-19-16(27-4-2)6-5-7-17(19)29-21(24)23-20(25)14-8-9-15-18(12-14)28-13-22-15/h5-9,12-13H,3-4,10-11H2,1-2H3. The lowest BCUT2D eigenvalue weighted by atomic mass is 10.2. The third kappa shape index (κ3) is 4.10. The van der Waals surface area contributed by atoms with Gasteiger partial charge in [-0.25, -0.2) is 4.98 Å². The number of amides is 1. The number of carbonyl (C=O) groups is 1. The smallest absolute Gasteiger partial charge is 0.279 e. The Morgan fingerprint density at radius 1 is 1.17 bits per heavy atom. The Balaban J connectivity index is 1.81. The monoisotopic (exact) mass is 427 g/mol. The van der Waals surface area contributed by atoms with Crippen molar-refractivity contribution in [2.75, 3.05) is 19.8 Å². The van der Waals surface area contributed by atoms with Crippen LogP contribution in [0.2, 0.25) is 0 Å². The molecule has 0 aliphatic heterocycles. The molecule has 0 bridgehead atoms. The topological polar surface area (TPSA) is 65.7 Å². The third-order valence-corrected chi connectivity index (χ3v) is 6.24. The van der Waals surface area contributed by atoms with Crippen molar-refractivity contribution in [3.63, 3.8) is 0 Å². The molecule has 0 atom stereocenters. The van der Waals surface area contributed by atoms with Crippen molar-refractivity contribution in [2.45, 2.75) is 20.4 Å². The molecule has 150 valence electrons. The summed E-state index contributed by atoms with van der Waals surface area (Å²) < 4.78 is 15.4. The van der Waals surface area contributed by atoms with Crippen LogP contribution in [0.25, 0.3) is 20.4 Å². The SMILES string of the molecule is CCOCCn1c(=NC(=O)c2ccc3ncsc3c2)sc2cccc(OCC)c21. The van der Waals surface area contributed by atoms with Crippen LogP contribution in [0.1, 0.15) is 24.2 Å². The van der Waals surface area contributed by atoms with E-state index in [1.807, 2.05) is 48.7 Å². The molecule has 0 saturated heterocycles. The van der Waals surface area contributed by atoms with Crippen LogP contribution in [-0.4, -0.2) is 35.3 Å². The summed E-state index contributed by atoms with van der Waals surface area (Å²) in [4.78, 5) is 22.3. The van der Waals surface area contributed by atoms with Crippen molar-refractivity contribution in [2.24, 2.45) is 4.99 Å². The Morgan fingerprint density at radius 2 is 2.07 bits per heavy atom. The number of rotatable bonds is 7. The number of ether oxygens (including phenoxy) is 2. The highest BCUT2D eigenvalue weighted by Crippen LogP contribution is 2.28. The van der Waals surface area contributed by atoms with Crippen LogP contribution in [0, 0.1) is 0 Å². The Bertz CT molecular complexity index is 1220. The van der Waals surface area contributed by atoms with E-state index in [2.05, 4.69) is 9.98 Å². The van der Waals surface area contributed by atoms with Crippen molar-refractivity contribution in [1.82, 2.24) is 9.55 Å². The second kappa shape index (κ2) is 8.86. The van der Waals surface area contributed by atoms with Gasteiger partial charge in [0.2, 0.25) is 0 Å². The molecule has 0 radical (unpaired) electrons. The van der Waals surface area contributed by atoms with Gasteiger partial charge in [0.25, 0.3) is 5.91 Å². The summed E-state index contributed by atoms with van der Waals surface area (Å²) in [7, 11) is 0. The molecule has 29 heavy (non-hydrogen) atoms. The molecule has 4 rings (SSSR count). The first-order valence-electron chi connectivity index (χ1n) is 9.46. The van der Waals surface area contributed by atoms with Crippen LogP contribution in [-0.2, 0) is 11.3 Å². The van der Waals surface area contributed by atoms with E-state index in [9.17, 15) is 4.79 Å². The maximum absolute atomic E-state index is 12.9. The minimum Gasteiger partial charge on any atom is -0.492 e. The molecule has 2 heterocycles. The average molecular weight is 428 g/mol. The summed E-state index contributed by atoms with van der Waals surface area (Å²) >= 11 is 2.99. The second-order valence-corrected chi connectivity index (χ2v) is 8.12. The van der Waals surface area contributed by atoms with Crippen LogP contribution < -0.4 is 9.54 Å². The number of hydrogen-bond acceptors (Lipinski definition) is 6. The Hall–Kier alpha value is -2.55. The summed E-state index contributed by atoms with van der Waals surface area (Å²) in [6.45, 7) is 6.27. The van der Waals surface area contributed by atoms with Crippen molar-refractivity contribution in [1.29, 1.82) is 0 Å². The quantitative estimate of drug-likeness (QED) is 0.408. The highest BCUT2D eigenvalue weighted by molar-refractivity contribution is 7.17. The van der Waals surface area contributed by atoms with Crippen LogP contribution in [0.15, 0.2) is 46.9 Å². The van der Waals surface area contributed by atoms with E-state index in [-0.39, 0.29) is 5.91 Å². The molecular weight excluding hydrogens is 406 g/mol. The van der Waals surface area contributed by atoms with Crippen molar-refractivity contribution < 1.29 is 14.3 Å². The molecule has 0 N–H and O–H groups in total. The molecule has 2 aromatic carbocycles. The Kier molecular flexibility index (Phi) is 6.03. The summed E-state index contributed by atoms with van der Waals surface area (Å²) in [5.74, 6) is 0.521. The van der Waals surface area contributed by atoms with E-state index in [0.717, 1.165) is 26.2 Å². The zero-order valence-corrected chi connectivity index (χ0v) is 17.9. The second-order valence-electron chi connectivity index (χ2n) is 6.22. The van der Waals surface area contributed by atoms with Crippen LogP contribution in [0.3, 0.4) is 0 Å². The van der Waals surface area contributed by atoms with E-state index >= 15 is 0 Å². The van der Waals surface area contributed by atoms with Gasteiger partial charge in [-0.15, -0.1) is 11.3 Å². The van der Waals surface area contributed by atoms with Crippen LogP contribution in [0.4, 0.5) is 0 Å². The van der Waals surface area contributed by atoms with Gasteiger partial charge in [0.15, 0.2) is 4.80 Å². The van der Waals surface area contributed by atoms with E-state index < -0.39 is 0 Å². The maximum atomic E-state index is 12.9. The lowest BCUT2D eigenvalue weighted by Gasteiger charge is -2.09. The fourth-order valence-electron chi connectivity index (χ4n) is 3.10. The fraction of sp³-hybridized carbons (Fsp3) is 0.286. The molecule has 1 amide bonds. The van der Waals surface area contributed by atoms with Crippen LogP contribution in [0.5, 0.6) is 5.75 Å². The normalized spacial score (nSPS) is 12.1. The van der Waals surface area contributed by atoms with Crippen molar-refractivity contribution >= 4 is 49.0 Å². The number of para-hydroxylation sites is 1. The highest BCUT2D eigenvalue weighted by atomic mass is 32.1. The number of carbonyl (C=O) groups excluding carboxylic acids is 1. The molecule has 6 nitrogen and oxygen atoms in total. The van der Waals surface area contributed by atoms with Gasteiger partial charge in [0.1, 0.15) is 11.3 Å². The molecule has 0 saturated carbocycles. The summed E-state index contributed by atoms with van der Waals surface area (Å²) in [5.41, 5.74) is 4.17. The minimum absolute atomic E-state index is 0.269. The van der Waals surface area contributed by atoms with E-state index in [1.54, 1.807) is 11.6 Å². The van der Waals surface area contributed by atoms with Gasteiger partial charge in [0.05, 0.1) is 33.6 Å². The lowest BCUT2D eigenvalue weighted by molar-refractivity contribution is 0.0996. The first-order chi connectivity index (χ1) is 14.2. The molecule has 0 aliphatic carbocycles. The zero-order chi connectivity index (χ0) is 20.2. The van der Waals surface area contributed by atoms with Gasteiger partial charge < -0.3 is 14.0 Å². The summed E-state index contributed by atoms with van der Waals surface area (Å²) in [6, 6.07) is 11.4. The molecule has 0 aliphatic rings. The number of nitrogens with zero attached hydrogens (tertiary/aromatic N) is 3. The molecule has 8 heteroatoms. The van der Waals surface area contributed by atoms with E-state index in [4.69, 9.17) is 9.47 Å². The molecular formula is C21H21N3O3S2. The van der Waals surface area contributed by atoms with Crippen LogP contribution >= 0.6 is 22.7 Å². The Labute approximate surface area is 176 Å². The third-order valence-electron chi connectivity index (χ3n) is 4.40. The largest absolute Gasteiger partial charge is 0.492 e. The molecule has 2 aromatic heterocycles. The first-order valence-corrected chi connectivity index (χ1v) is 11.2. The van der Waals surface area contributed by atoms with E-state index in [1.165, 1.54) is 22.7 Å². The van der Waals surface area contributed by atoms with Crippen molar-refractivity contribution in [3.05, 3.63) is 52.3 Å². The Morgan fingerprint density at radius 3 is 2.90 bits per heavy atom. The number of thiazole rings is 2. The molecule has 0 spiro atoms. The maximum Gasteiger partial charge on any atom is 0.279 e. The fourth-order valence-corrected chi connectivity index (χ4v) is 4.89. The molecule has 4 aromatic rings. The first kappa shape index (κ1) is 19.8. The number of benzene rings is 2. The minimum atomic E-state index is -0.269. The van der Waals surface area contributed by atoms with Gasteiger partial charge in [-0.05, 0) is 44.2 Å². The van der Waals surface area contributed by atoms with Gasteiger partial charge in [0, 0.05) is 18.7 Å². The lowest BCUT2D eigenvalue weighted by Crippen LogP contribution is -2.20. The molecule has 0 fully saturated rings. The highest BCUT2D eigenvalue weighted by Gasteiger charge is 2.14. The zero-order valence-electron chi connectivity index (χ0n) is 16.3. The average Bonchev–Trinajstić information content (AvgIpc) is 3.33. The summed E-state index contributed by atoms with van der Waals surface area (Å²) in [6.07, 6.45) is 0. The molecule has 0 unspecified atom stereocenters. The van der Waals surface area contributed by atoms with E-state index in [0.29, 0.717) is 36.7 Å². The van der Waals surface area contributed by atoms with Gasteiger partial charge in [-0.2, -0.15) is 4.99 Å². The summed E-state index contributed by atoms with van der Waals surface area (Å²) in [5, 5.41) is 0. The predicted octanol–water partition coefficient (Wildman–Crippen LogP) is 4.49. The number of aromatic nitrogens is 2. The van der Waals surface area contributed by atoms with Gasteiger partial charge in [-0.1, -0.05) is 17.4 Å². The van der Waals surface area contributed by atoms with Gasteiger partial charge in [-0.3, -0.25) is 4.79 Å². The number of hydrogen-bond donors (Lipinski definition) is 0. The number of fused-ring (bicyclic) bond motifs is 2. The predicted molar refractivity (Wildman–Crippen MR) is 117 cm³/mol. The van der Waals surface area contributed by atoms with Crippen molar-refractivity contribution in [3.8, 4) is 5.75 Å².